The van der Waals surface area contributed by atoms with Crippen LogP contribution in [0.3, 0.4) is 0 Å². The summed E-state index contributed by atoms with van der Waals surface area (Å²) in [5.74, 6) is 0.253. The maximum atomic E-state index is 9.70. The van der Waals surface area contributed by atoms with Gasteiger partial charge in [-0.2, -0.15) is 0 Å². The minimum atomic E-state index is 0.253. The maximum absolute atomic E-state index is 9.70. The second kappa shape index (κ2) is 3.95. The van der Waals surface area contributed by atoms with Crippen molar-refractivity contribution in [2.45, 2.75) is 6.92 Å². The fourth-order valence-electron chi connectivity index (χ4n) is 1.47. The van der Waals surface area contributed by atoms with Gasteiger partial charge in [0.15, 0.2) is 0 Å². The molecule has 15 heavy (non-hydrogen) atoms. The average molecular weight is 219 g/mol. The van der Waals surface area contributed by atoms with Gasteiger partial charge in [0.1, 0.15) is 5.75 Å². The summed E-state index contributed by atoms with van der Waals surface area (Å²) >= 11 is 5.89. The number of aromatic hydroxyl groups is 1. The third kappa shape index (κ3) is 2.13. The molecule has 2 rings (SSSR count). The molecule has 0 aliphatic carbocycles. The first-order chi connectivity index (χ1) is 7.16. The Bertz CT molecular complexity index is 474. The van der Waals surface area contributed by atoms with Crippen molar-refractivity contribution in [2.24, 2.45) is 0 Å². The molecule has 2 aromatic carbocycles. The number of phenolic OH excluding ortho intramolecular Hbond substituents is 1. The average Bonchev–Trinajstić information content (AvgIpc) is 2.23. The van der Waals surface area contributed by atoms with Gasteiger partial charge in [0.25, 0.3) is 0 Å². The molecule has 0 aromatic heterocycles. The smallest absolute Gasteiger partial charge is 0.123 e. The summed E-state index contributed by atoms with van der Waals surface area (Å²) < 4.78 is 0. The predicted molar refractivity (Wildman–Crippen MR) is 63.3 cm³/mol. The number of halogens is 1. The molecular formula is C13H11ClO. The molecule has 0 radical (unpaired) electrons. The topological polar surface area (TPSA) is 20.2 Å². The lowest BCUT2D eigenvalue weighted by atomic mass is 10.0. The van der Waals surface area contributed by atoms with Crippen LogP contribution in [-0.4, -0.2) is 5.11 Å². The summed E-state index contributed by atoms with van der Waals surface area (Å²) in [7, 11) is 0. The molecule has 0 saturated carbocycles. The van der Waals surface area contributed by atoms with E-state index in [1.54, 1.807) is 18.2 Å². The molecule has 76 valence electrons. The molecule has 0 unspecified atom stereocenters. The van der Waals surface area contributed by atoms with E-state index in [-0.39, 0.29) is 5.75 Å². The number of aryl methyl sites for hydroxylation is 1. The Morgan fingerprint density at radius 3 is 2.33 bits per heavy atom. The van der Waals surface area contributed by atoms with Gasteiger partial charge in [-0.1, -0.05) is 41.4 Å². The van der Waals surface area contributed by atoms with Gasteiger partial charge in [-0.05, 0) is 30.7 Å². The van der Waals surface area contributed by atoms with Crippen molar-refractivity contribution in [1.82, 2.24) is 0 Å². The van der Waals surface area contributed by atoms with Crippen LogP contribution in [0.1, 0.15) is 5.56 Å². The van der Waals surface area contributed by atoms with Crippen molar-refractivity contribution in [2.75, 3.05) is 0 Å². The minimum Gasteiger partial charge on any atom is -0.507 e. The van der Waals surface area contributed by atoms with Crippen molar-refractivity contribution in [3.05, 3.63) is 53.1 Å². The van der Waals surface area contributed by atoms with Crippen LogP contribution in [0.5, 0.6) is 5.75 Å². The highest BCUT2D eigenvalue weighted by molar-refractivity contribution is 6.31. The number of rotatable bonds is 1. The molecule has 1 nitrogen and oxygen atoms in total. The molecule has 0 fully saturated rings. The molecule has 0 bridgehead atoms. The zero-order valence-corrected chi connectivity index (χ0v) is 9.12. The number of hydrogen-bond donors (Lipinski definition) is 1. The first-order valence-corrected chi connectivity index (χ1v) is 5.10. The van der Waals surface area contributed by atoms with Gasteiger partial charge < -0.3 is 5.11 Å². The second-order valence-corrected chi connectivity index (χ2v) is 3.96. The first kappa shape index (κ1) is 10.1. The summed E-state index contributed by atoms with van der Waals surface area (Å²) in [6, 6.07) is 13.0. The lowest BCUT2D eigenvalue weighted by Gasteiger charge is -2.05. The van der Waals surface area contributed by atoms with E-state index < -0.39 is 0 Å². The summed E-state index contributed by atoms with van der Waals surface area (Å²) in [6.07, 6.45) is 0. The third-order valence-electron chi connectivity index (χ3n) is 2.32. The van der Waals surface area contributed by atoms with Gasteiger partial charge in [-0.15, -0.1) is 0 Å². The molecule has 0 saturated heterocycles. The monoisotopic (exact) mass is 218 g/mol. The molecule has 0 heterocycles. The SMILES string of the molecule is Cc1ccc(-c2cc(Cl)ccc2O)cc1. The minimum absolute atomic E-state index is 0.253. The van der Waals surface area contributed by atoms with Crippen molar-refractivity contribution in [1.29, 1.82) is 0 Å². The van der Waals surface area contributed by atoms with Crippen LogP contribution in [0.2, 0.25) is 5.02 Å². The zero-order valence-electron chi connectivity index (χ0n) is 8.37. The van der Waals surface area contributed by atoms with E-state index in [0.29, 0.717) is 5.02 Å². The fraction of sp³-hybridized carbons (Fsp3) is 0.0769. The molecular weight excluding hydrogens is 208 g/mol. The second-order valence-electron chi connectivity index (χ2n) is 3.53. The number of phenols is 1. The van der Waals surface area contributed by atoms with Crippen molar-refractivity contribution in [3.63, 3.8) is 0 Å². The van der Waals surface area contributed by atoms with Gasteiger partial charge in [0.2, 0.25) is 0 Å². The summed E-state index contributed by atoms with van der Waals surface area (Å²) in [4.78, 5) is 0. The molecule has 0 spiro atoms. The van der Waals surface area contributed by atoms with E-state index in [1.807, 2.05) is 31.2 Å². The molecule has 0 aliphatic heterocycles. The Hall–Kier alpha value is -1.47. The highest BCUT2D eigenvalue weighted by Crippen LogP contribution is 2.31. The maximum Gasteiger partial charge on any atom is 0.123 e. The Labute approximate surface area is 94.0 Å². The van der Waals surface area contributed by atoms with E-state index in [9.17, 15) is 5.11 Å². The van der Waals surface area contributed by atoms with Crippen LogP contribution >= 0.6 is 11.6 Å². The zero-order chi connectivity index (χ0) is 10.8. The van der Waals surface area contributed by atoms with Gasteiger partial charge in [-0.25, -0.2) is 0 Å². The van der Waals surface area contributed by atoms with Crippen LogP contribution < -0.4 is 0 Å². The van der Waals surface area contributed by atoms with Crippen LogP contribution in [0.4, 0.5) is 0 Å². The van der Waals surface area contributed by atoms with Crippen LogP contribution in [0.25, 0.3) is 11.1 Å². The Morgan fingerprint density at radius 1 is 1.00 bits per heavy atom. The number of hydrogen-bond acceptors (Lipinski definition) is 1. The Morgan fingerprint density at radius 2 is 1.67 bits per heavy atom. The molecule has 1 N–H and O–H groups in total. The van der Waals surface area contributed by atoms with Crippen LogP contribution in [-0.2, 0) is 0 Å². The quantitative estimate of drug-likeness (QED) is 0.767. The molecule has 2 aromatic rings. The van der Waals surface area contributed by atoms with E-state index in [0.717, 1.165) is 11.1 Å². The normalized spacial score (nSPS) is 10.3. The molecule has 2 heteroatoms. The first-order valence-electron chi connectivity index (χ1n) is 4.72. The largest absolute Gasteiger partial charge is 0.507 e. The van der Waals surface area contributed by atoms with Crippen LogP contribution in [0.15, 0.2) is 42.5 Å². The lowest BCUT2D eigenvalue weighted by Crippen LogP contribution is -1.80. The van der Waals surface area contributed by atoms with Gasteiger partial charge >= 0.3 is 0 Å². The van der Waals surface area contributed by atoms with E-state index >= 15 is 0 Å². The third-order valence-corrected chi connectivity index (χ3v) is 2.56. The van der Waals surface area contributed by atoms with Crippen molar-refractivity contribution in [3.8, 4) is 16.9 Å². The molecule has 0 atom stereocenters. The van der Waals surface area contributed by atoms with Gasteiger partial charge in [-0.3, -0.25) is 0 Å². The standard InChI is InChI=1S/C13H11ClO/c1-9-2-4-10(5-3-9)12-8-11(14)6-7-13(12)15/h2-8,15H,1H3. The molecule has 0 amide bonds. The molecule has 0 aliphatic rings. The fourth-order valence-corrected chi connectivity index (χ4v) is 1.64. The Balaban J connectivity index is 2.53. The van der Waals surface area contributed by atoms with Gasteiger partial charge in [0, 0.05) is 10.6 Å². The highest BCUT2D eigenvalue weighted by atomic mass is 35.5. The predicted octanol–water partition coefficient (Wildman–Crippen LogP) is 4.02. The highest BCUT2D eigenvalue weighted by Gasteiger charge is 2.04. The van der Waals surface area contributed by atoms with Crippen LogP contribution in [0, 0.1) is 6.92 Å². The van der Waals surface area contributed by atoms with Crippen molar-refractivity contribution >= 4 is 11.6 Å². The van der Waals surface area contributed by atoms with E-state index in [1.165, 1.54) is 5.56 Å². The van der Waals surface area contributed by atoms with E-state index in [2.05, 4.69) is 0 Å². The summed E-state index contributed by atoms with van der Waals surface area (Å²) in [6.45, 7) is 2.03. The number of benzene rings is 2. The lowest BCUT2D eigenvalue weighted by molar-refractivity contribution is 0.477. The van der Waals surface area contributed by atoms with Crippen molar-refractivity contribution < 1.29 is 5.11 Å². The Kier molecular flexibility index (Phi) is 2.65. The van der Waals surface area contributed by atoms with E-state index in [4.69, 9.17) is 11.6 Å². The summed E-state index contributed by atoms with van der Waals surface area (Å²) in [5.41, 5.74) is 2.93. The van der Waals surface area contributed by atoms with Gasteiger partial charge in [0.05, 0.1) is 0 Å². The summed E-state index contributed by atoms with van der Waals surface area (Å²) in [5, 5.41) is 10.3.